The lowest BCUT2D eigenvalue weighted by Gasteiger charge is -2.42. The average molecular weight is 431 g/mol. The van der Waals surface area contributed by atoms with Crippen LogP contribution in [0.3, 0.4) is 0 Å². The molecule has 0 spiro atoms. The number of nitrogens with zero attached hydrogens (tertiary/aromatic N) is 1. The van der Waals surface area contributed by atoms with Crippen molar-refractivity contribution >= 4 is 43.9 Å². The highest BCUT2D eigenvalue weighted by atomic mass is 35.5. The van der Waals surface area contributed by atoms with Crippen LogP contribution in [-0.2, 0) is 25.6 Å². The Morgan fingerprint density at radius 2 is 1.88 bits per heavy atom. The van der Waals surface area contributed by atoms with Crippen LogP contribution in [0.1, 0.15) is 25.8 Å². The summed E-state index contributed by atoms with van der Waals surface area (Å²) in [6, 6.07) is 4.19. The van der Waals surface area contributed by atoms with Gasteiger partial charge in [-0.05, 0) is 29.5 Å². The maximum absolute atomic E-state index is 13.1. The van der Waals surface area contributed by atoms with Gasteiger partial charge < -0.3 is 5.73 Å². The van der Waals surface area contributed by atoms with Crippen LogP contribution in [0, 0.1) is 5.41 Å². The molecule has 1 saturated heterocycles. The van der Waals surface area contributed by atoms with E-state index in [4.69, 9.17) is 17.3 Å². The van der Waals surface area contributed by atoms with Crippen LogP contribution in [0.15, 0.2) is 23.1 Å². The summed E-state index contributed by atoms with van der Waals surface area (Å²) < 4.78 is 50.8. The molecule has 1 atom stereocenters. The predicted molar refractivity (Wildman–Crippen MR) is 102 cm³/mol. The van der Waals surface area contributed by atoms with E-state index < -0.39 is 19.9 Å². The van der Waals surface area contributed by atoms with Gasteiger partial charge in [0.25, 0.3) is 0 Å². The van der Waals surface area contributed by atoms with Crippen molar-refractivity contribution in [2.24, 2.45) is 11.1 Å². The molecule has 144 valence electrons. The van der Waals surface area contributed by atoms with Crippen molar-refractivity contribution in [3.05, 3.63) is 28.8 Å². The Hall–Kier alpha value is -0.380. The molecule has 2 N–H and O–H groups in total. The van der Waals surface area contributed by atoms with Crippen molar-refractivity contribution in [2.75, 3.05) is 19.3 Å². The van der Waals surface area contributed by atoms with Crippen LogP contribution >= 0.6 is 24.0 Å². The number of piperidine rings is 1. The molecule has 1 aromatic carbocycles. The van der Waals surface area contributed by atoms with E-state index in [2.05, 4.69) is 0 Å². The number of sulfone groups is 1. The molecule has 1 unspecified atom stereocenters. The van der Waals surface area contributed by atoms with Gasteiger partial charge in [0.05, 0.1) is 10.6 Å². The Bertz CT molecular complexity index is 839. The zero-order chi connectivity index (χ0) is 18.3. The van der Waals surface area contributed by atoms with Gasteiger partial charge in [-0.15, -0.1) is 12.4 Å². The Labute approximate surface area is 161 Å². The molecule has 0 bridgehead atoms. The lowest BCUT2D eigenvalue weighted by atomic mass is 9.81. The second kappa shape index (κ2) is 7.70. The summed E-state index contributed by atoms with van der Waals surface area (Å²) in [5, 5.41) is 0.249. The molecule has 0 aromatic heterocycles. The third-order valence-corrected chi connectivity index (χ3v) is 7.34. The van der Waals surface area contributed by atoms with E-state index in [-0.39, 0.29) is 51.6 Å². The number of benzene rings is 1. The van der Waals surface area contributed by atoms with E-state index in [0.29, 0.717) is 13.0 Å². The minimum absolute atomic E-state index is 0. The van der Waals surface area contributed by atoms with Gasteiger partial charge >= 0.3 is 0 Å². The maximum Gasteiger partial charge on any atom is 0.243 e. The normalized spacial score (nSPS) is 21.6. The first-order chi connectivity index (χ1) is 10.8. The second-order valence-corrected chi connectivity index (χ2v) is 11.5. The smallest absolute Gasteiger partial charge is 0.243 e. The van der Waals surface area contributed by atoms with Gasteiger partial charge in [-0.2, -0.15) is 4.31 Å². The quantitative estimate of drug-likeness (QED) is 0.787. The molecule has 0 saturated carbocycles. The zero-order valence-electron chi connectivity index (χ0n) is 14.4. The van der Waals surface area contributed by atoms with Crippen molar-refractivity contribution < 1.29 is 16.8 Å². The SMILES string of the molecule is CC1(C)CN(S(=O)(=O)c2cc(Cl)ccc2CS(C)(=O)=O)CCC1N.Cl. The number of halogens is 2. The molecular formula is C15H24Cl2N2O4S2. The van der Waals surface area contributed by atoms with Crippen LogP contribution in [0.5, 0.6) is 0 Å². The summed E-state index contributed by atoms with van der Waals surface area (Å²) in [5.41, 5.74) is 5.94. The second-order valence-electron chi connectivity index (χ2n) is 7.04. The monoisotopic (exact) mass is 430 g/mol. The van der Waals surface area contributed by atoms with E-state index in [1.54, 1.807) is 0 Å². The molecule has 1 heterocycles. The third-order valence-electron chi connectivity index (χ3n) is 4.34. The Morgan fingerprint density at radius 1 is 1.28 bits per heavy atom. The minimum Gasteiger partial charge on any atom is -0.327 e. The van der Waals surface area contributed by atoms with Gasteiger partial charge in [0.15, 0.2) is 9.84 Å². The standard InChI is InChI=1S/C15H23ClN2O4S2.ClH/c1-15(2)10-18(7-6-14(15)17)24(21,22)13-8-12(16)5-4-11(13)9-23(3,19)20;/h4-5,8,14H,6-7,9-10,17H2,1-3H3;1H. The Kier molecular flexibility index (Phi) is 6.98. The highest BCUT2D eigenvalue weighted by molar-refractivity contribution is 7.90. The number of rotatable bonds is 4. The van der Waals surface area contributed by atoms with Gasteiger partial charge in [-0.25, -0.2) is 16.8 Å². The summed E-state index contributed by atoms with van der Waals surface area (Å²) >= 11 is 5.96. The molecule has 25 heavy (non-hydrogen) atoms. The largest absolute Gasteiger partial charge is 0.327 e. The molecule has 0 aliphatic carbocycles. The number of hydrogen-bond acceptors (Lipinski definition) is 5. The van der Waals surface area contributed by atoms with Crippen molar-refractivity contribution in [2.45, 2.75) is 37.0 Å². The van der Waals surface area contributed by atoms with Gasteiger partial charge in [0.2, 0.25) is 10.0 Å². The molecule has 6 nitrogen and oxygen atoms in total. The number of hydrogen-bond donors (Lipinski definition) is 1. The van der Waals surface area contributed by atoms with Crippen molar-refractivity contribution in [3.63, 3.8) is 0 Å². The Balaban J connectivity index is 0.00000312. The van der Waals surface area contributed by atoms with Gasteiger partial charge in [0, 0.05) is 30.4 Å². The molecule has 0 radical (unpaired) electrons. The molecular weight excluding hydrogens is 407 g/mol. The summed E-state index contributed by atoms with van der Waals surface area (Å²) in [5.74, 6) is -0.352. The minimum atomic E-state index is -3.85. The maximum atomic E-state index is 13.1. The number of nitrogens with two attached hydrogens (primary N) is 1. The third kappa shape index (κ3) is 5.30. The molecule has 1 fully saturated rings. The molecule has 1 aliphatic heterocycles. The van der Waals surface area contributed by atoms with Gasteiger partial charge in [0.1, 0.15) is 0 Å². The lowest BCUT2D eigenvalue weighted by molar-refractivity contribution is 0.155. The van der Waals surface area contributed by atoms with E-state index in [9.17, 15) is 16.8 Å². The van der Waals surface area contributed by atoms with Gasteiger partial charge in [-0.3, -0.25) is 0 Å². The van der Waals surface area contributed by atoms with Crippen molar-refractivity contribution in [1.29, 1.82) is 0 Å². The predicted octanol–water partition coefficient (Wildman–Crippen LogP) is 2.05. The zero-order valence-corrected chi connectivity index (χ0v) is 17.6. The average Bonchev–Trinajstić information content (AvgIpc) is 2.42. The van der Waals surface area contributed by atoms with Crippen LogP contribution in [0.4, 0.5) is 0 Å². The summed E-state index contributed by atoms with van der Waals surface area (Å²) in [4.78, 5) is -0.0494. The van der Waals surface area contributed by atoms with Crippen LogP contribution in [-0.4, -0.2) is 46.5 Å². The molecule has 1 aromatic rings. The van der Waals surface area contributed by atoms with Crippen LogP contribution < -0.4 is 5.73 Å². The number of sulfonamides is 1. The molecule has 10 heteroatoms. The van der Waals surface area contributed by atoms with Crippen LogP contribution in [0.2, 0.25) is 5.02 Å². The highest BCUT2D eigenvalue weighted by Crippen LogP contribution is 2.33. The summed E-state index contributed by atoms with van der Waals surface area (Å²) in [6.07, 6.45) is 1.62. The fourth-order valence-electron chi connectivity index (χ4n) is 2.84. The van der Waals surface area contributed by atoms with Crippen molar-refractivity contribution in [1.82, 2.24) is 4.31 Å². The van der Waals surface area contributed by atoms with Crippen molar-refractivity contribution in [3.8, 4) is 0 Å². The first-order valence-corrected chi connectivity index (χ1v) is 11.4. The fraction of sp³-hybridized carbons (Fsp3) is 0.600. The van der Waals surface area contributed by atoms with E-state index in [1.165, 1.54) is 22.5 Å². The fourth-order valence-corrected chi connectivity index (χ4v) is 5.86. The summed E-state index contributed by atoms with van der Waals surface area (Å²) in [7, 11) is -7.23. The molecule has 2 rings (SSSR count). The summed E-state index contributed by atoms with van der Waals surface area (Å²) in [6.45, 7) is 4.43. The first kappa shape index (κ1) is 22.7. The topological polar surface area (TPSA) is 97.5 Å². The van der Waals surface area contributed by atoms with E-state index in [0.717, 1.165) is 6.26 Å². The molecule has 1 aliphatic rings. The highest BCUT2D eigenvalue weighted by Gasteiger charge is 2.39. The van der Waals surface area contributed by atoms with E-state index >= 15 is 0 Å². The first-order valence-electron chi connectivity index (χ1n) is 7.55. The van der Waals surface area contributed by atoms with E-state index in [1.807, 2.05) is 13.8 Å². The molecule has 0 amide bonds. The van der Waals surface area contributed by atoms with Crippen LogP contribution in [0.25, 0.3) is 0 Å². The Morgan fingerprint density at radius 3 is 2.40 bits per heavy atom. The lowest BCUT2D eigenvalue weighted by Crippen LogP contribution is -2.53. The van der Waals surface area contributed by atoms with Gasteiger partial charge in [-0.1, -0.05) is 31.5 Å².